The molecule has 5 rings (SSSR count). The summed E-state index contributed by atoms with van der Waals surface area (Å²) in [5.41, 5.74) is 0.467. The van der Waals surface area contributed by atoms with Gasteiger partial charge >= 0.3 is 0 Å². The molecule has 1 saturated heterocycles. The lowest BCUT2D eigenvalue weighted by Gasteiger charge is -2.32. The molecule has 4 heterocycles. The summed E-state index contributed by atoms with van der Waals surface area (Å²) in [6, 6.07) is 14.3. The second-order valence-electron chi connectivity index (χ2n) is 7.54. The second kappa shape index (κ2) is 8.46. The Morgan fingerprint density at radius 1 is 1.09 bits per heavy atom. The van der Waals surface area contributed by atoms with Gasteiger partial charge in [-0.25, -0.2) is 14.3 Å². The zero-order valence-corrected chi connectivity index (χ0v) is 17.1. The molecule has 1 aliphatic heterocycles. The van der Waals surface area contributed by atoms with Gasteiger partial charge in [-0.15, -0.1) is 10.2 Å². The van der Waals surface area contributed by atoms with Crippen molar-refractivity contribution < 1.29 is 4.79 Å². The number of rotatable bonds is 5. The predicted octanol–water partition coefficient (Wildman–Crippen LogP) is 1.39. The van der Waals surface area contributed by atoms with E-state index in [1.165, 1.54) is 21.8 Å². The topological polar surface area (TPSA) is 127 Å². The van der Waals surface area contributed by atoms with E-state index in [1.807, 2.05) is 47.4 Å². The van der Waals surface area contributed by atoms with Crippen LogP contribution in [0.3, 0.4) is 0 Å². The third kappa shape index (κ3) is 4.00. The van der Waals surface area contributed by atoms with Crippen LogP contribution >= 0.6 is 0 Å². The van der Waals surface area contributed by atoms with Crippen LogP contribution in [-0.4, -0.2) is 53.7 Å². The Balaban J connectivity index is 1.26. The number of piperidine rings is 1. The van der Waals surface area contributed by atoms with Gasteiger partial charge in [-0.05, 0) is 37.1 Å². The highest BCUT2D eigenvalue weighted by Gasteiger charge is 2.27. The summed E-state index contributed by atoms with van der Waals surface area (Å²) in [5, 5.41) is 18.3. The number of benzene rings is 1. The summed E-state index contributed by atoms with van der Waals surface area (Å²) >= 11 is 0. The van der Waals surface area contributed by atoms with Gasteiger partial charge in [-0.1, -0.05) is 18.2 Å². The van der Waals surface area contributed by atoms with E-state index >= 15 is 0 Å². The van der Waals surface area contributed by atoms with Crippen LogP contribution in [0.2, 0.25) is 0 Å². The SMILES string of the molecule is O=C(Nc1cc(=O)n(-c2ccccc2)[nH]1)C1CCCN(c2ccc(-n3cncn3)nn2)C1. The smallest absolute Gasteiger partial charge is 0.273 e. The number of carbonyl (C=O) groups is 1. The van der Waals surface area contributed by atoms with Crippen molar-refractivity contribution in [2.45, 2.75) is 12.8 Å². The van der Waals surface area contributed by atoms with Gasteiger partial charge < -0.3 is 10.2 Å². The zero-order chi connectivity index (χ0) is 21.9. The van der Waals surface area contributed by atoms with Gasteiger partial charge in [0.15, 0.2) is 11.6 Å². The van der Waals surface area contributed by atoms with Crippen LogP contribution in [-0.2, 0) is 4.79 Å². The Hall–Kier alpha value is -4.28. The standard InChI is InChI=1S/C21H21N9O2/c31-20-11-17(27-30(20)16-6-2-1-3-7-16)24-21(32)15-5-4-10-28(12-15)18-8-9-19(26-25-18)29-14-22-13-23-29/h1-3,6-9,11,13-15,27H,4-5,10,12H2,(H,24,32). The lowest BCUT2D eigenvalue weighted by molar-refractivity contribution is -0.120. The van der Waals surface area contributed by atoms with Gasteiger partial charge in [0.05, 0.1) is 11.6 Å². The van der Waals surface area contributed by atoms with E-state index in [0.29, 0.717) is 29.7 Å². The fraction of sp³-hybridized carbons (Fsp3) is 0.238. The number of aromatic amines is 1. The van der Waals surface area contributed by atoms with E-state index in [9.17, 15) is 9.59 Å². The van der Waals surface area contributed by atoms with Gasteiger partial charge in [0.1, 0.15) is 18.5 Å². The molecule has 1 amide bonds. The Kier molecular flexibility index (Phi) is 5.20. The molecule has 3 aromatic heterocycles. The van der Waals surface area contributed by atoms with E-state index in [0.717, 1.165) is 19.4 Å². The molecule has 2 N–H and O–H groups in total. The third-order valence-corrected chi connectivity index (χ3v) is 5.40. The highest BCUT2D eigenvalue weighted by atomic mass is 16.2. The van der Waals surface area contributed by atoms with Crippen LogP contribution in [0.5, 0.6) is 0 Å². The van der Waals surface area contributed by atoms with Crippen molar-refractivity contribution in [2.24, 2.45) is 5.92 Å². The van der Waals surface area contributed by atoms with Crippen LogP contribution in [0.15, 0.2) is 66.0 Å². The van der Waals surface area contributed by atoms with Crippen LogP contribution in [0.1, 0.15) is 12.8 Å². The number of hydrogen-bond acceptors (Lipinski definition) is 7. The van der Waals surface area contributed by atoms with Crippen LogP contribution in [0.25, 0.3) is 11.5 Å². The van der Waals surface area contributed by atoms with Crippen LogP contribution < -0.4 is 15.8 Å². The minimum atomic E-state index is -0.237. The first-order chi connectivity index (χ1) is 15.7. The lowest BCUT2D eigenvalue weighted by Crippen LogP contribution is -2.41. The van der Waals surface area contributed by atoms with E-state index in [2.05, 4.69) is 30.7 Å². The molecule has 1 unspecified atom stereocenters. The summed E-state index contributed by atoms with van der Waals surface area (Å²) in [6.07, 6.45) is 4.60. The fourth-order valence-corrected chi connectivity index (χ4v) is 3.80. The summed E-state index contributed by atoms with van der Waals surface area (Å²) in [7, 11) is 0. The Bertz CT molecular complexity index is 1250. The highest BCUT2D eigenvalue weighted by molar-refractivity contribution is 5.92. The lowest BCUT2D eigenvalue weighted by atomic mass is 9.97. The van der Waals surface area contributed by atoms with Crippen LogP contribution in [0.4, 0.5) is 11.6 Å². The molecule has 0 radical (unpaired) electrons. The van der Waals surface area contributed by atoms with Gasteiger partial charge in [0.2, 0.25) is 5.91 Å². The number of H-pyrrole nitrogens is 1. The zero-order valence-electron chi connectivity index (χ0n) is 17.1. The van der Waals surface area contributed by atoms with E-state index in [1.54, 1.807) is 6.33 Å². The Morgan fingerprint density at radius 2 is 1.91 bits per heavy atom. The molecule has 1 aliphatic rings. The molecule has 11 heteroatoms. The van der Waals surface area contributed by atoms with E-state index in [4.69, 9.17) is 0 Å². The average molecular weight is 431 g/mol. The van der Waals surface area contributed by atoms with Crippen molar-refractivity contribution in [1.82, 2.24) is 34.7 Å². The van der Waals surface area contributed by atoms with E-state index < -0.39 is 0 Å². The van der Waals surface area contributed by atoms with Gasteiger partial charge in [0, 0.05) is 19.2 Å². The molecule has 0 saturated carbocycles. The van der Waals surface area contributed by atoms with Crippen molar-refractivity contribution in [3.8, 4) is 11.5 Å². The molecular formula is C21H21N9O2. The largest absolute Gasteiger partial charge is 0.354 e. The maximum absolute atomic E-state index is 12.9. The summed E-state index contributed by atoms with van der Waals surface area (Å²) in [4.78, 5) is 31.1. The molecule has 1 atom stereocenters. The fourth-order valence-electron chi connectivity index (χ4n) is 3.80. The molecular weight excluding hydrogens is 410 g/mol. The summed E-state index contributed by atoms with van der Waals surface area (Å²) in [5.74, 6) is 1.28. The number of para-hydroxylation sites is 1. The molecule has 0 aliphatic carbocycles. The van der Waals surface area contributed by atoms with Gasteiger partial charge in [0.25, 0.3) is 5.56 Å². The normalized spacial score (nSPS) is 16.1. The third-order valence-electron chi connectivity index (χ3n) is 5.40. The molecule has 0 bridgehead atoms. The number of nitrogens with one attached hydrogen (secondary N) is 2. The van der Waals surface area contributed by atoms with Gasteiger partial charge in [-0.2, -0.15) is 5.10 Å². The molecule has 162 valence electrons. The minimum Gasteiger partial charge on any atom is -0.354 e. The maximum atomic E-state index is 12.9. The predicted molar refractivity (Wildman–Crippen MR) is 117 cm³/mol. The van der Waals surface area contributed by atoms with Crippen molar-refractivity contribution >= 4 is 17.5 Å². The number of anilines is 2. The number of amides is 1. The van der Waals surface area contributed by atoms with Gasteiger partial charge in [-0.3, -0.25) is 14.7 Å². The summed E-state index contributed by atoms with van der Waals surface area (Å²) < 4.78 is 2.93. The monoisotopic (exact) mass is 431 g/mol. The molecule has 0 spiro atoms. The number of carbonyl (C=O) groups excluding carboxylic acids is 1. The first-order valence-corrected chi connectivity index (χ1v) is 10.3. The molecule has 4 aromatic rings. The molecule has 1 fully saturated rings. The average Bonchev–Trinajstić information content (AvgIpc) is 3.50. The summed E-state index contributed by atoms with van der Waals surface area (Å²) in [6.45, 7) is 1.31. The highest BCUT2D eigenvalue weighted by Crippen LogP contribution is 2.22. The molecule has 1 aromatic carbocycles. The van der Waals surface area contributed by atoms with Crippen molar-refractivity contribution in [2.75, 3.05) is 23.3 Å². The van der Waals surface area contributed by atoms with E-state index in [-0.39, 0.29) is 17.4 Å². The number of nitrogens with zero attached hydrogens (tertiary/aromatic N) is 7. The second-order valence-corrected chi connectivity index (χ2v) is 7.54. The number of hydrogen-bond donors (Lipinski definition) is 2. The maximum Gasteiger partial charge on any atom is 0.273 e. The number of aromatic nitrogens is 7. The molecule has 32 heavy (non-hydrogen) atoms. The van der Waals surface area contributed by atoms with Crippen LogP contribution in [0, 0.1) is 5.92 Å². The Labute approximate surface area is 182 Å². The first-order valence-electron chi connectivity index (χ1n) is 10.3. The minimum absolute atomic E-state index is 0.136. The van der Waals surface area contributed by atoms with Crippen molar-refractivity contribution in [3.63, 3.8) is 0 Å². The quantitative estimate of drug-likeness (QED) is 0.489. The first kappa shape index (κ1) is 19.7. The van der Waals surface area contributed by atoms with Crippen molar-refractivity contribution in [3.05, 3.63) is 71.5 Å². The van der Waals surface area contributed by atoms with Crippen molar-refractivity contribution in [1.29, 1.82) is 0 Å². The molecule has 11 nitrogen and oxygen atoms in total. The Morgan fingerprint density at radius 3 is 2.66 bits per heavy atom.